The van der Waals surface area contributed by atoms with Crippen LogP contribution in [0.2, 0.25) is 0 Å². The minimum Gasteiger partial charge on any atom is -0.468 e. The highest BCUT2D eigenvalue weighted by Crippen LogP contribution is 2.28. The Bertz CT molecular complexity index is 508. The van der Waals surface area contributed by atoms with E-state index < -0.39 is 11.9 Å². The summed E-state index contributed by atoms with van der Waals surface area (Å²) in [7, 11) is 0. The van der Waals surface area contributed by atoms with Crippen molar-refractivity contribution < 1.29 is 27.4 Å². The third kappa shape index (κ3) is 4.32. The Kier molecular flexibility index (Phi) is 4.66. The van der Waals surface area contributed by atoms with E-state index in [1.54, 1.807) is 4.90 Å². The fraction of sp³-hybridized carbons (Fsp3) is 0.538. The first-order valence-corrected chi connectivity index (χ1v) is 6.42. The van der Waals surface area contributed by atoms with Crippen LogP contribution in [-0.4, -0.2) is 48.2 Å². The van der Waals surface area contributed by atoms with E-state index >= 15 is 0 Å². The van der Waals surface area contributed by atoms with Crippen molar-refractivity contribution in [1.29, 1.82) is 0 Å². The highest BCUT2D eigenvalue weighted by Gasteiger charge is 2.32. The van der Waals surface area contributed by atoms with Crippen LogP contribution in [0.1, 0.15) is 12.6 Å². The van der Waals surface area contributed by atoms with Crippen LogP contribution in [0.3, 0.4) is 0 Å². The van der Waals surface area contributed by atoms with Gasteiger partial charge in [-0.25, -0.2) is 4.98 Å². The van der Waals surface area contributed by atoms with Crippen LogP contribution in [0.15, 0.2) is 18.2 Å². The van der Waals surface area contributed by atoms with Crippen molar-refractivity contribution in [2.45, 2.75) is 19.2 Å². The molecule has 1 aliphatic rings. The molecular formula is C13H15F3N2O3. The predicted octanol–water partition coefficient (Wildman–Crippen LogP) is 1.73. The van der Waals surface area contributed by atoms with E-state index in [9.17, 15) is 18.0 Å². The van der Waals surface area contributed by atoms with Gasteiger partial charge in [-0.1, -0.05) is 6.07 Å². The number of rotatable bonds is 3. The quantitative estimate of drug-likeness (QED) is 0.853. The molecule has 2 rings (SSSR count). The lowest BCUT2D eigenvalue weighted by molar-refractivity contribution is -0.141. The zero-order valence-electron chi connectivity index (χ0n) is 11.4. The van der Waals surface area contributed by atoms with Crippen molar-refractivity contribution in [3.8, 4) is 5.88 Å². The molecule has 1 fully saturated rings. The van der Waals surface area contributed by atoms with Crippen LogP contribution < -0.4 is 4.74 Å². The average Bonchev–Trinajstić information content (AvgIpc) is 2.44. The molecule has 0 spiro atoms. The van der Waals surface area contributed by atoms with E-state index in [2.05, 4.69) is 4.98 Å². The molecule has 5 nitrogen and oxygen atoms in total. The molecule has 1 atom stereocenters. The number of amides is 1. The number of morpholine rings is 1. The summed E-state index contributed by atoms with van der Waals surface area (Å²) in [4.78, 5) is 16.8. The van der Waals surface area contributed by atoms with Crippen LogP contribution >= 0.6 is 0 Å². The lowest BCUT2D eigenvalue weighted by Crippen LogP contribution is -2.46. The minimum atomic E-state index is -4.54. The topological polar surface area (TPSA) is 51.7 Å². The Labute approximate surface area is 119 Å². The summed E-state index contributed by atoms with van der Waals surface area (Å²) in [6.45, 7) is 2.82. The molecule has 2 heterocycles. The second-order valence-corrected chi connectivity index (χ2v) is 4.67. The molecule has 0 aliphatic carbocycles. The van der Waals surface area contributed by atoms with E-state index in [0.717, 1.165) is 6.07 Å². The van der Waals surface area contributed by atoms with Crippen LogP contribution in [0, 0.1) is 0 Å². The van der Waals surface area contributed by atoms with Gasteiger partial charge in [0.05, 0.1) is 12.7 Å². The van der Waals surface area contributed by atoms with Crippen LogP contribution in [0.4, 0.5) is 13.2 Å². The SMILES string of the molecule is C[C@@H]1CN(C(=O)COc2cccc(C(F)(F)F)n2)CCO1. The zero-order valence-corrected chi connectivity index (χ0v) is 11.4. The number of hydrogen-bond acceptors (Lipinski definition) is 4. The Morgan fingerprint density at radius 2 is 2.29 bits per heavy atom. The van der Waals surface area contributed by atoms with Crippen molar-refractivity contribution in [3.05, 3.63) is 23.9 Å². The van der Waals surface area contributed by atoms with Gasteiger partial charge in [0.25, 0.3) is 5.91 Å². The Hall–Kier alpha value is -1.83. The zero-order chi connectivity index (χ0) is 15.5. The number of nitrogens with zero attached hydrogens (tertiary/aromatic N) is 2. The van der Waals surface area contributed by atoms with E-state index in [1.807, 2.05) is 6.92 Å². The van der Waals surface area contributed by atoms with Gasteiger partial charge in [-0.2, -0.15) is 13.2 Å². The molecule has 0 N–H and O–H groups in total. The minimum absolute atomic E-state index is 0.0608. The van der Waals surface area contributed by atoms with Crippen molar-refractivity contribution in [1.82, 2.24) is 9.88 Å². The number of hydrogen-bond donors (Lipinski definition) is 0. The standard InChI is InChI=1S/C13H15F3N2O3/c1-9-7-18(5-6-20-9)12(19)8-21-11-4-2-3-10(17-11)13(14,15)16/h2-4,9H,5-8H2,1H3/t9-/m1/s1. The van der Waals surface area contributed by atoms with Crippen molar-refractivity contribution in [2.75, 3.05) is 26.3 Å². The van der Waals surface area contributed by atoms with E-state index in [4.69, 9.17) is 9.47 Å². The number of pyridine rings is 1. The summed E-state index contributed by atoms with van der Waals surface area (Å²) in [6.07, 6.45) is -4.60. The molecule has 8 heteroatoms. The molecule has 0 aromatic carbocycles. The van der Waals surface area contributed by atoms with Gasteiger partial charge in [0, 0.05) is 19.2 Å². The summed E-state index contributed by atoms with van der Waals surface area (Å²) in [6, 6.07) is 3.31. The van der Waals surface area contributed by atoms with Gasteiger partial charge >= 0.3 is 6.18 Å². The van der Waals surface area contributed by atoms with E-state index in [-0.39, 0.29) is 24.5 Å². The largest absolute Gasteiger partial charge is 0.468 e. The molecule has 1 aromatic rings. The molecule has 21 heavy (non-hydrogen) atoms. The maximum Gasteiger partial charge on any atom is 0.433 e. The monoisotopic (exact) mass is 304 g/mol. The highest BCUT2D eigenvalue weighted by molar-refractivity contribution is 5.77. The number of alkyl halides is 3. The maximum atomic E-state index is 12.5. The molecule has 0 bridgehead atoms. The van der Waals surface area contributed by atoms with Gasteiger partial charge in [-0.3, -0.25) is 4.79 Å². The molecule has 0 saturated carbocycles. The Balaban J connectivity index is 1.92. The summed E-state index contributed by atoms with van der Waals surface area (Å²) < 4.78 is 47.8. The van der Waals surface area contributed by atoms with Gasteiger partial charge in [0.2, 0.25) is 5.88 Å². The molecule has 1 aliphatic heterocycles. The first-order chi connectivity index (χ1) is 9.86. The number of ether oxygens (including phenoxy) is 2. The summed E-state index contributed by atoms with van der Waals surface area (Å²) in [5.74, 6) is -0.524. The predicted molar refractivity (Wildman–Crippen MR) is 66.7 cm³/mol. The molecule has 1 amide bonds. The first-order valence-electron chi connectivity index (χ1n) is 6.42. The normalized spacial score (nSPS) is 19.4. The van der Waals surface area contributed by atoms with Crippen molar-refractivity contribution in [2.24, 2.45) is 0 Å². The number of halogens is 3. The smallest absolute Gasteiger partial charge is 0.433 e. The van der Waals surface area contributed by atoms with Crippen LogP contribution in [0.5, 0.6) is 5.88 Å². The Morgan fingerprint density at radius 1 is 1.52 bits per heavy atom. The summed E-state index contributed by atoms with van der Waals surface area (Å²) in [5, 5.41) is 0. The third-order valence-corrected chi connectivity index (χ3v) is 2.95. The van der Waals surface area contributed by atoms with Crippen molar-refractivity contribution >= 4 is 5.91 Å². The second kappa shape index (κ2) is 6.30. The lowest BCUT2D eigenvalue weighted by Gasteiger charge is -2.31. The molecular weight excluding hydrogens is 289 g/mol. The van der Waals surface area contributed by atoms with Crippen LogP contribution in [0.25, 0.3) is 0 Å². The van der Waals surface area contributed by atoms with Gasteiger partial charge in [-0.05, 0) is 13.0 Å². The number of carbonyl (C=O) groups excluding carboxylic acids is 1. The van der Waals surface area contributed by atoms with Gasteiger partial charge < -0.3 is 14.4 Å². The van der Waals surface area contributed by atoms with Gasteiger partial charge in [0.15, 0.2) is 6.61 Å². The van der Waals surface area contributed by atoms with E-state index in [1.165, 1.54) is 12.1 Å². The lowest BCUT2D eigenvalue weighted by atomic mass is 10.3. The number of aromatic nitrogens is 1. The fourth-order valence-electron chi connectivity index (χ4n) is 1.93. The fourth-order valence-corrected chi connectivity index (χ4v) is 1.93. The van der Waals surface area contributed by atoms with E-state index in [0.29, 0.717) is 19.7 Å². The average molecular weight is 304 g/mol. The third-order valence-electron chi connectivity index (χ3n) is 2.95. The first kappa shape index (κ1) is 15.6. The summed E-state index contributed by atoms with van der Waals surface area (Å²) in [5.41, 5.74) is -1.05. The van der Waals surface area contributed by atoms with Crippen molar-refractivity contribution in [3.63, 3.8) is 0 Å². The maximum absolute atomic E-state index is 12.5. The van der Waals surface area contributed by atoms with Gasteiger partial charge in [0.1, 0.15) is 5.69 Å². The molecule has 0 unspecified atom stereocenters. The highest BCUT2D eigenvalue weighted by atomic mass is 19.4. The molecule has 0 radical (unpaired) electrons. The van der Waals surface area contributed by atoms with Crippen LogP contribution in [-0.2, 0) is 15.7 Å². The van der Waals surface area contributed by atoms with Gasteiger partial charge in [-0.15, -0.1) is 0 Å². The second-order valence-electron chi connectivity index (χ2n) is 4.67. The number of carbonyl (C=O) groups is 1. The molecule has 1 aromatic heterocycles. The molecule has 116 valence electrons. The summed E-state index contributed by atoms with van der Waals surface area (Å²) >= 11 is 0. The Morgan fingerprint density at radius 3 is 2.95 bits per heavy atom. The molecule has 1 saturated heterocycles.